The highest BCUT2D eigenvalue weighted by Crippen LogP contribution is 2.22. The third-order valence-electron chi connectivity index (χ3n) is 3.52. The molecule has 116 valence electrons. The van der Waals surface area contributed by atoms with Gasteiger partial charge in [-0.3, -0.25) is 4.79 Å². The van der Waals surface area contributed by atoms with Gasteiger partial charge < -0.3 is 14.4 Å². The van der Waals surface area contributed by atoms with Gasteiger partial charge in [0, 0.05) is 13.1 Å². The van der Waals surface area contributed by atoms with Crippen molar-refractivity contribution in [1.29, 1.82) is 0 Å². The third kappa shape index (κ3) is 4.35. The minimum Gasteiger partial charge on any atom is -0.497 e. The van der Waals surface area contributed by atoms with Crippen LogP contribution in [0.5, 0.6) is 5.75 Å². The molecule has 5 heteroatoms. The first-order chi connectivity index (χ1) is 9.93. The predicted molar refractivity (Wildman–Crippen MR) is 83.0 cm³/mol. The van der Waals surface area contributed by atoms with Gasteiger partial charge in [-0.25, -0.2) is 0 Å². The number of ether oxygens (including phenoxy) is 2. The highest BCUT2D eigenvalue weighted by molar-refractivity contribution is 6.18. The zero-order valence-corrected chi connectivity index (χ0v) is 13.5. The number of morpholine rings is 1. The van der Waals surface area contributed by atoms with E-state index in [-0.39, 0.29) is 17.6 Å². The second-order valence-electron chi connectivity index (χ2n) is 5.95. The number of alkyl halides is 1. The lowest BCUT2D eigenvalue weighted by atomic mass is 10.0. The average molecular weight is 312 g/mol. The van der Waals surface area contributed by atoms with Crippen molar-refractivity contribution in [2.45, 2.75) is 32.0 Å². The van der Waals surface area contributed by atoms with Gasteiger partial charge in [-0.15, -0.1) is 11.6 Å². The van der Waals surface area contributed by atoms with E-state index in [1.807, 2.05) is 43.0 Å². The summed E-state index contributed by atoms with van der Waals surface area (Å²) in [5, 5.41) is 0. The summed E-state index contributed by atoms with van der Waals surface area (Å²) in [6, 6.07) is 7.57. The molecular weight excluding hydrogens is 290 g/mol. The zero-order chi connectivity index (χ0) is 15.5. The Kier molecular flexibility index (Phi) is 5.12. The van der Waals surface area contributed by atoms with Crippen molar-refractivity contribution in [3.8, 4) is 5.75 Å². The second-order valence-corrected chi connectivity index (χ2v) is 6.26. The van der Waals surface area contributed by atoms with Crippen LogP contribution < -0.4 is 4.74 Å². The topological polar surface area (TPSA) is 38.8 Å². The van der Waals surface area contributed by atoms with E-state index in [2.05, 4.69) is 0 Å². The molecule has 0 N–H and O–H groups in total. The first-order valence-corrected chi connectivity index (χ1v) is 7.61. The maximum absolute atomic E-state index is 12.5. The Balaban J connectivity index is 2.01. The molecule has 1 amide bonds. The van der Waals surface area contributed by atoms with Crippen LogP contribution in [0.4, 0.5) is 0 Å². The number of hydrogen-bond donors (Lipinski definition) is 0. The highest BCUT2D eigenvalue weighted by Gasteiger charge is 2.35. The summed E-state index contributed by atoms with van der Waals surface area (Å²) in [5.74, 6) is 1.29. The van der Waals surface area contributed by atoms with Gasteiger partial charge in [0.1, 0.15) is 5.75 Å². The molecule has 1 unspecified atom stereocenters. The summed E-state index contributed by atoms with van der Waals surface area (Å²) in [7, 11) is 1.63. The van der Waals surface area contributed by atoms with Gasteiger partial charge >= 0.3 is 0 Å². The van der Waals surface area contributed by atoms with Crippen molar-refractivity contribution in [2.75, 3.05) is 26.1 Å². The van der Waals surface area contributed by atoms with Crippen LogP contribution in [0.25, 0.3) is 0 Å². The van der Waals surface area contributed by atoms with E-state index in [0.29, 0.717) is 25.4 Å². The van der Waals surface area contributed by atoms with Crippen LogP contribution in [-0.4, -0.2) is 48.6 Å². The second kappa shape index (κ2) is 6.67. The molecule has 1 fully saturated rings. The number of amides is 1. The van der Waals surface area contributed by atoms with Crippen LogP contribution in [0.2, 0.25) is 0 Å². The Labute approximate surface area is 131 Å². The van der Waals surface area contributed by atoms with Crippen molar-refractivity contribution in [2.24, 2.45) is 0 Å². The lowest BCUT2D eigenvalue weighted by molar-refractivity contribution is -0.156. The minimum atomic E-state index is -0.354. The van der Waals surface area contributed by atoms with Gasteiger partial charge in [0.05, 0.1) is 31.1 Å². The molecule has 2 rings (SSSR count). The van der Waals surface area contributed by atoms with Crippen LogP contribution in [0, 0.1) is 0 Å². The molecule has 0 spiro atoms. The molecule has 0 aromatic heterocycles. The Morgan fingerprint density at radius 1 is 1.43 bits per heavy atom. The Morgan fingerprint density at radius 3 is 2.67 bits per heavy atom. The summed E-state index contributed by atoms with van der Waals surface area (Å²) < 4.78 is 11.0. The van der Waals surface area contributed by atoms with Crippen LogP contribution in [0.15, 0.2) is 24.3 Å². The smallest absolute Gasteiger partial charge is 0.227 e. The zero-order valence-electron chi connectivity index (χ0n) is 12.8. The largest absolute Gasteiger partial charge is 0.497 e. The van der Waals surface area contributed by atoms with Gasteiger partial charge in [-0.05, 0) is 31.5 Å². The molecular formula is C16H22ClNO3. The standard InChI is InChI=1S/C16H22ClNO3/c1-16(2)11-18(10-14(9-17)21-16)15(19)8-12-4-6-13(20-3)7-5-12/h4-7,14H,8-11H2,1-3H3. The number of benzene rings is 1. The van der Waals surface area contributed by atoms with Crippen LogP contribution in [0.1, 0.15) is 19.4 Å². The van der Waals surface area contributed by atoms with Crippen molar-refractivity contribution < 1.29 is 14.3 Å². The fraction of sp³-hybridized carbons (Fsp3) is 0.562. The quantitative estimate of drug-likeness (QED) is 0.802. The van der Waals surface area contributed by atoms with E-state index in [9.17, 15) is 4.79 Å². The van der Waals surface area contributed by atoms with Gasteiger partial charge in [0.2, 0.25) is 5.91 Å². The Bertz CT molecular complexity index is 487. The minimum absolute atomic E-state index is 0.102. The lowest BCUT2D eigenvalue weighted by Gasteiger charge is -2.42. The van der Waals surface area contributed by atoms with Gasteiger partial charge in [-0.2, -0.15) is 0 Å². The Hall–Kier alpha value is -1.26. The summed E-state index contributed by atoms with van der Waals surface area (Å²) >= 11 is 5.89. The molecule has 0 radical (unpaired) electrons. The summed E-state index contributed by atoms with van der Waals surface area (Å²) in [6.45, 7) is 5.12. The molecule has 1 aliphatic rings. The normalized spacial score (nSPS) is 21.1. The van der Waals surface area contributed by atoms with Crippen molar-refractivity contribution >= 4 is 17.5 Å². The van der Waals surface area contributed by atoms with E-state index < -0.39 is 0 Å². The third-order valence-corrected chi connectivity index (χ3v) is 3.86. The number of rotatable bonds is 4. The molecule has 4 nitrogen and oxygen atoms in total. The number of hydrogen-bond acceptors (Lipinski definition) is 3. The molecule has 0 bridgehead atoms. The number of methoxy groups -OCH3 is 1. The summed E-state index contributed by atoms with van der Waals surface area (Å²) in [5.41, 5.74) is 0.625. The van der Waals surface area contributed by atoms with E-state index in [4.69, 9.17) is 21.1 Å². The monoisotopic (exact) mass is 311 g/mol. The van der Waals surface area contributed by atoms with Gasteiger partial charge in [-0.1, -0.05) is 12.1 Å². The van der Waals surface area contributed by atoms with E-state index in [1.54, 1.807) is 7.11 Å². The summed E-state index contributed by atoms with van der Waals surface area (Å²) in [4.78, 5) is 14.3. The number of carbonyl (C=O) groups is 1. The van der Waals surface area contributed by atoms with Gasteiger partial charge in [0.15, 0.2) is 0 Å². The van der Waals surface area contributed by atoms with E-state index in [1.165, 1.54) is 0 Å². The van der Waals surface area contributed by atoms with Crippen LogP contribution in [-0.2, 0) is 16.0 Å². The van der Waals surface area contributed by atoms with E-state index >= 15 is 0 Å². The molecule has 1 aliphatic heterocycles. The maximum atomic E-state index is 12.5. The first kappa shape index (κ1) is 16.1. The molecule has 1 saturated heterocycles. The van der Waals surface area contributed by atoms with Crippen LogP contribution in [0.3, 0.4) is 0 Å². The lowest BCUT2D eigenvalue weighted by Crippen LogP contribution is -2.55. The fourth-order valence-electron chi connectivity index (χ4n) is 2.60. The molecule has 21 heavy (non-hydrogen) atoms. The molecule has 1 heterocycles. The maximum Gasteiger partial charge on any atom is 0.227 e. The number of carbonyl (C=O) groups excluding carboxylic acids is 1. The molecule has 0 aliphatic carbocycles. The Morgan fingerprint density at radius 2 is 2.10 bits per heavy atom. The first-order valence-electron chi connectivity index (χ1n) is 7.08. The average Bonchev–Trinajstić information content (AvgIpc) is 2.46. The number of nitrogens with zero attached hydrogens (tertiary/aromatic N) is 1. The van der Waals surface area contributed by atoms with Crippen molar-refractivity contribution in [3.05, 3.63) is 29.8 Å². The van der Waals surface area contributed by atoms with Gasteiger partial charge in [0.25, 0.3) is 0 Å². The number of halogens is 1. The van der Waals surface area contributed by atoms with E-state index in [0.717, 1.165) is 11.3 Å². The molecule has 0 saturated carbocycles. The highest BCUT2D eigenvalue weighted by atomic mass is 35.5. The molecule has 1 atom stereocenters. The SMILES string of the molecule is COc1ccc(CC(=O)N2CC(CCl)OC(C)(C)C2)cc1. The molecule has 1 aromatic rings. The van der Waals surface area contributed by atoms with Crippen molar-refractivity contribution in [1.82, 2.24) is 4.90 Å². The predicted octanol–water partition coefficient (Wildman–Crippen LogP) is 2.48. The van der Waals surface area contributed by atoms with Crippen molar-refractivity contribution in [3.63, 3.8) is 0 Å². The summed E-state index contributed by atoms with van der Waals surface area (Å²) in [6.07, 6.45) is 0.282. The molecule has 1 aromatic carbocycles. The van der Waals surface area contributed by atoms with Crippen LogP contribution >= 0.6 is 11.6 Å². The fourth-order valence-corrected chi connectivity index (χ4v) is 2.76.